The van der Waals surface area contributed by atoms with Crippen molar-refractivity contribution in [2.75, 3.05) is 19.0 Å². The van der Waals surface area contributed by atoms with E-state index in [9.17, 15) is 0 Å². The number of aromatic nitrogens is 6. The Kier molecular flexibility index (Phi) is 5.02. The van der Waals surface area contributed by atoms with Crippen LogP contribution in [0.2, 0.25) is 0 Å². The number of H-pyrrole nitrogens is 1. The summed E-state index contributed by atoms with van der Waals surface area (Å²) in [6.45, 7) is 1.18. The molecule has 0 amide bonds. The molecule has 9 nitrogen and oxygen atoms in total. The average Bonchev–Trinajstić information content (AvgIpc) is 3.35. The van der Waals surface area contributed by atoms with Crippen molar-refractivity contribution >= 4 is 17.2 Å². The van der Waals surface area contributed by atoms with E-state index in [1.165, 1.54) is 0 Å². The molecule has 0 aliphatic heterocycles. The van der Waals surface area contributed by atoms with Gasteiger partial charge in [0.25, 0.3) is 0 Å². The van der Waals surface area contributed by atoms with Crippen LogP contribution in [0.3, 0.4) is 0 Å². The maximum absolute atomic E-state index is 5.81. The van der Waals surface area contributed by atoms with Gasteiger partial charge in [-0.1, -0.05) is 0 Å². The summed E-state index contributed by atoms with van der Waals surface area (Å²) >= 11 is 0. The van der Waals surface area contributed by atoms with Crippen molar-refractivity contribution in [3.63, 3.8) is 0 Å². The van der Waals surface area contributed by atoms with Gasteiger partial charge in [0.1, 0.15) is 11.3 Å². The molecule has 0 aromatic carbocycles. The molecule has 0 saturated heterocycles. The summed E-state index contributed by atoms with van der Waals surface area (Å²) in [5.74, 6) is 3.31. The Morgan fingerprint density at radius 3 is 3.03 bits per heavy atom. The lowest BCUT2D eigenvalue weighted by molar-refractivity contribution is 0.156. The maximum atomic E-state index is 5.81. The SMILES string of the molecule is COCc1cc2c(Nc3cc(C4CC(COc5cccnc5)C4)[nH]n3)nccn2n1. The third kappa shape index (κ3) is 3.84. The first kappa shape index (κ1) is 18.6. The molecule has 5 rings (SSSR count). The summed E-state index contributed by atoms with van der Waals surface area (Å²) in [6.07, 6.45) is 9.19. The summed E-state index contributed by atoms with van der Waals surface area (Å²) in [4.78, 5) is 8.51. The van der Waals surface area contributed by atoms with Crippen LogP contribution in [0, 0.1) is 5.92 Å². The molecular formula is C21H23N7O2. The lowest BCUT2D eigenvalue weighted by Gasteiger charge is -2.34. The topological polar surface area (TPSA) is 102 Å². The molecule has 0 spiro atoms. The molecule has 0 radical (unpaired) electrons. The van der Waals surface area contributed by atoms with Crippen LogP contribution < -0.4 is 10.1 Å². The van der Waals surface area contributed by atoms with Crippen molar-refractivity contribution in [1.29, 1.82) is 0 Å². The van der Waals surface area contributed by atoms with E-state index in [0.717, 1.165) is 47.9 Å². The predicted octanol–water partition coefficient (Wildman–Crippen LogP) is 3.31. The van der Waals surface area contributed by atoms with E-state index in [2.05, 4.69) is 36.6 Å². The van der Waals surface area contributed by atoms with Crippen molar-refractivity contribution in [2.45, 2.75) is 25.4 Å². The monoisotopic (exact) mass is 405 g/mol. The first-order valence-electron chi connectivity index (χ1n) is 9.96. The van der Waals surface area contributed by atoms with Gasteiger partial charge in [0.15, 0.2) is 11.6 Å². The summed E-state index contributed by atoms with van der Waals surface area (Å²) in [6, 6.07) is 7.84. The van der Waals surface area contributed by atoms with Crippen LogP contribution >= 0.6 is 0 Å². The van der Waals surface area contributed by atoms with E-state index < -0.39 is 0 Å². The zero-order valence-corrected chi connectivity index (χ0v) is 16.7. The van der Waals surface area contributed by atoms with Gasteiger partial charge < -0.3 is 14.8 Å². The van der Waals surface area contributed by atoms with Gasteiger partial charge in [-0.25, -0.2) is 9.50 Å². The van der Waals surface area contributed by atoms with Gasteiger partial charge in [0, 0.05) is 43.4 Å². The number of nitrogens with one attached hydrogen (secondary N) is 2. The molecule has 30 heavy (non-hydrogen) atoms. The fraction of sp³-hybridized carbons (Fsp3) is 0.333. The first-order valence-corrected chi connectivity index (χ1v) is 9.96. The molecule has 4 aromatic rings. The number of anilines is 2. The normalized spacial score (nSPS) is 18.3. The lowest BCUT2D eigenvalue weighted by Crippen LogP contribution is -2.27. The van der Waals surface area contributed by atoms with Crippen LogP contribution in [0.15, 0.2) is 49.1 Å². The molecule has 1 aliphatic rings. The molecule has 1 saturated carbocycles. The Bertz CT molecular complexity index is 1120. The summed E-state index contributed by atoms with van der Waals surface area (Å²) in [5.41, 5.74) is 2.87. The summed E-state index contributed by atoms with van der Waals surface area (Å²) in [7, 11) is 1.66. The molecule has 4 heterocycles. The Balaban J connectivity index is 1.19. The van der Waals surface area contributed by atoms with Crippen LogP contribution in [0.1, 0.15) is 30.1 Å². The van der Waals surface area contributed by atoms with Gasteiger partial charge in [-0.15, -0.1) is 0 Å². The number of nitrogens with zero attached hydrogens (tertiary/aromatic N) is 5. The van der Waals surface area contributed by atoms with E-state index in [1.807, 2.05) is 24.4 Å². The molecule has 0 bridgehead atoms. The molecule has 1 aliphatic carbocycles. The molecule has 9 heteroatoms. The van der Waals surface area contributed by atoms with Gasteiger partial charge in [-0.3, -0.25) is 10.1 Å². The zero-order chi connectivity index (χ0) is 20.3. The standard InChI is InChI=1S/C21H23N7O2/c1-29-13-16-9-19-21(23-5-6-28(19)27-16)24-20-10-18(25-26-20)15-7-14(8-15)12-30-17-3-2-4-22-11-17/h2-6,9-11,14-15H,7-8,12-13H2,1H3,(H2,23,24,25,26). The Labute approximate surface area is 173 Å². The van der Waals surface area contributed by atoms with Gasteiger partial charge in [0.2, 0.25) is 0 Å². The van der Waals surface area contributed by atoms with Crippen LogP contribution in [-0.2, 0) is 11.3 Å². The summed E-state index contributed by atoms with van der Waals surface area (Å²) in [5, 5.41) is 15.3. The number of aromatic amines is 1. The molecular weight excluding hydrogens is 382 g/mol. The highest BCUT2D eigenvalue weighted by molar-refractivity contribution is 5.72. The largest absolute Gasteiger partial charge is 0.492 e. The van der Waals surface area contributed by atoms with Gasteiger partial charge in [-0.05, 0) is 37.0 Å². The Morgan fingerprint density at radius 2 is 2.20 bits per heavy atom. The number of ether oxygens (including phenoxy) is 2. The third-order valence-electron chi connectivity index (χ3n) is 5.37. The van der Waals surface area contributed by atoms with Crippen molar-refractivity contribution in [2.24, 2.45) is 5.92 Å². The molecule has 1 fully saturated rings. The fourth-order valence-corrected chi connectivity index (χ4v) is 3.79. The van der Waals surface area contributed by atoms with Gasteiger partial charge in [-0.2, -0.15) is 10.2 Å². The molecule has 4 aromatic heterocycles. The highest BCUT2D eigenvalue weighted by Crippen LogP contribution is 2.41. The average molecular weight is 405 g/mol. The first-order chi connectivity index (χ1) is 14.8. The quantitative estimate of drug-likeness (QED) is 0.464. The number of hydrogen-bond donors (Lipinski definition) is 2. The molecule has 2 N–H and O–H groups in total. The second-order valence-electron chi connectivity index (χ2n) is 7.54. The van der Waals surface area contributed by atoms with Crippen molar-refractivity contribution in [1.82, 2.24) is 29.8 Å². The van der Waals surface area contributed by atoms with Crippen molar-refractivity contribution < 1.29 is 9.47 Å². The molecule has 0 atom stereocenters. The third-order valence-corrected chi connectivity index (χ3v) is 5.37. The maximum Gasteiger partial charge on any atom is 0.157 e. The van der Waals surface area contributed by atoms with Crippen LogP contribution in [0.4, 0.5) is 11.6 Å². The molecule has 0 unspecified atom stereocenters. The van der Waals surface area contributed by atoms with E-state index >= 15 is 0 Å². The number of hydrogen-bond acceptors (Lipinski definition) is 7. The highest BCUT2D eigenvalue weighted by atomic mass is 16.5. The second-order valence-corrected chi connectivity index (χ2v) is 7.54. The molecule has 154 valence electrons. The van der Waals surface area contributed by atoms with E-state index in [-0.39, 0.29) is 0 Å². The second kappa shape index (κ2) is 8.11. The smallest absolute Gasteiger partial charge is 0.157 e. The van der Waals surface area contributed by atoms with Crippen LogP contribution in [0.5, 0.6) is 5.75 Å². The van der Waals surface area contributed by atoms with E-state index in [0.29, 0.717) is 24.3 Å². The van der Waals surface area contributed by atoms with Gasteiger partial charge >= 0.3 is 0 Å². The Morgan fingerprint density at radius 1 is 1.27 bits per heavy atom. The fourth-order valence-electron chi connectivity index (χ4n) is 3.79. The predicted molar refractivity (Wildman–Crippen MR) is 111 cm³/mol. The van der Waals surface area contributed by atoms with Gasteiger partial charge in [0.05, 0.1) is 25.1 Å². The minimum Gasteiger partial charge on any atom is -0.492 e. The summed E-state index contributed by atoms with van der Waals surface area (Å²) < 4.78 is 12.8. The van der Waals surface area contributed by atoms with Crippen molar-refractivity contribution in [3.05, 3.63) is 60.4 Å². The van der Waals surface area contributed by atoms with Crippen LogP contribution in [-0.4, -0.2) is 43.5 Å². The zero-order valence-electron chi connectivity index (χ0n) is 16.7. The number of pyridine rings is 1. The minimum atomic E-state index is 0.459. The highest BCUT2D eigenvalue weighted by Gasteiger charge is 2.32. The number of rotatable bonds is 8. The number of methoxy groups -OCH3 is 1. The van der Waals surface area contributed by atoms with Crippen molar-refractivity contribution in [3.8, 4) is 5.75 Å². The lowest BCUT2D eigenvalue weighted by atomic mass is 9.74. The van der Waals surface area contributed by atoms with E-state index in [4.69, 9.17) is 9.47 Å². The number of fused-ring (bicyclic) bond motifs is 1. The minimum absolute atomic E-state index is 0.459. The van der Waals surface area contributed by atoms with Crippen LogP contribution in [0.25, 0.3) is 5.52 Å². The Hall–Kier alpha value is -3.46. The van der Waals surface area contributed by atoms with E-state index in [1.54, 1.807) is 30.2 Å².